The highest BCUT2D eigenvalue weighted by atomic mass is 32.1. The van der Waals surface area contributed by atoms with Gasteiger partial charge >= 0.3 is 0 Å². The van der Waals surface area contributed by atoms with Crippen LogP contribution in [0.5, 0.6) is 0 Å². The zero-order valence-electron chi connectivity index (χ0n) is 13.5. The van der Waals surface area contributed by atoms with Crippen molar-refractivity contribution >= 4 is 38.2 Å². The van der Waals surface area contributed by atoms with Gasteiger partial charge < -0.3 is 0 Å². The Morgan fingerprint density at radius 1 is 1.04 bits per heavy atom. The van der Waals surface area contributed by atoms with E-state index in [0.29, 0.717) is 33.3 Å². The highest BCUT2D eigenvalue weighted by molar-refractivity contribution is 7.20. The summed E-state index contributed by atoms with van der Waals surface area (Å²) in [6, 6.07) is 9.70. The number of hydrogen-bond donors (Lipinski definition) is 0. The van der Waals surface area contributed by atoms with Crippen molar-refractivity contribution in [2.45, 2.75) is 13.8 Å². The van der Waals surface area contributed by atoms with Gasteiger partial charge in [0, 0.05) is 6.20 Å². The summed E-state index contributed by atoms with van der Waals surface area (Å²) in [5.41, 5.74) is 2.06. The summed E-state index contributed by atoms with van der Waals surface area (Å²) >= 11 is 1.48. The van der Waals surface area contributed by atoms with Crippen LogP contribution in [0.1, 0.15) is 11.5 Å². The minimum Gasteiger partial charge on any atom is -0.268 e. The smallest absolute Gasteiger partial charge is 0.268 e. The van der Waals surface area contributed by atoms with Crippen LogP contribution in [0.4, 0.5) is 0 Å². The monoisotopic (exact) mass is 348 g/mol. The summed E-state index contributed by atoms with van der Waals surface area (Å²) < 4.78 is 4.22. The van der Waals surface area contributed by atoms with Crippen molar-refractivity contribution in [1.82, 2.24) is 29.1 Å². The van der Waals surface area contributed by atoms with Crippen molar-refractivity contribution in [3.05, 3.63) is 58.4 Å². The molecule has 0 saturated heterocycles. The van der Waals surface area contributed by atoms with Gasteiger partial charge in [0.15, 0.2) is 5.13 Å². The molecule has 0 spiro atoms. The van der Waals surface area contributed by atoms with Gasteiger partial charge in [-0.1, -0.05) is 23.5 Å². The number of benzene rings is 1. The van der Waals surface area contributed by atoms with Gasteiger partial charge in [0.05, 0.1) is 26.8 Å². The SMILES string of the molecule is Cc1nc2nc(C)c3c(=O)n(-c4nc5ccccc5s4)ccc3n2n1. The van der Waals surface area contributed by atoms with E-state index in [0.717, 1.165) is 10.2 Å². The molecule has 8 heteroatoms. The lowest BCUT2D eigenvalue weighted by Crippen LogP contribution is -2.20. The minimum atomic E-state index is -0.156. The molecule has 5 aromatic rings. The van der Waals surface area contributed by atoms with Crippen molar-refractivity contribution in [1.29, 1.82) is 0 Å². The molecule has 25 heavy (non-hydrogen) atoms. The predicted molar refractivity (Wildman–Crippen MR) is 96.5 cm³/mol. The number of para-hydroxylation sites is 1. The van der Waals surface area contributed by atoms with Gasteiger partial charge in [-0.25, -0.2) is 9.97 Å². The average molecular weight is 348 g/mol. The molecule has 0 unspecified atom stereocenters. The van der Waals surface area contributed by atoms with E-state index in [1.54, 1.807) is 22.2 Å². The molecular weight excluding hydrogens is 336 g/mol. The molecule has 1 aromatic carbocycles. The van der Waals surface area contributed by atoms with Crippen LogP contribution >= 0.6 is 11.3 Å². The van der Waals surface area contributed by atoms with Crippen molar-refractivity contribution in [3.8, 4) is 5.13 Å². The molecule has 4 heterocycles. The van der Waals surface area contributed by atoms with E-state index in [4.69, 9.17) is 0 Å². The maximum Gasteiger partial charge on any atom is 0.268 e. The highest BCUT2D eigenvalue weighted by Crippen LogP contribution is 2.24. The largest absolute Gasteiger partial charge is 0.268 e. The number of aryl methyl sites for hydroxylation is 2. The third-order valence-corrected chi connectivity index (χ3v) is 5.15. The van der Waals surface area contributed by atoms with Gasteiger partial charge in [-0.15, -0.1) is 5.10 Å². The van der Waals surface area contributed by atoms with Crippen LogP contribution in [-0.4, -0.2) is 29.1 Å². The Kier molecular flexibility index (Phi) is 2.81. The summed E-state index contributed by atoms with van der Waals surface area (Å²) in [7, 11) is 0. The molecule has 0 N–H and O–H groups in total. The van der Waals surface area contributed by atoms with Crippen LogP contribution < -0.4 is 5.56 Å². The van der Waals surface area contributed by atoms with Gasteiger partial charge in [-0.05, 0) is 32.0 Å². The molecule has 7 nitrogen and oxygen atoms in total. The average Bonchev–Trinajstić information content (AvgIpc) is 3.17. The Morgan fingerprint density at radius 2 is 1.88 bits per heavy atom. The molecule has 0 aliphatic rings. The highest BCUT2D eigenvalue weighted by Gasteiger charge is 2.15. The zero-order valence-corrected chi connectivity index (χ0v) is 14.3. The van der Waals surface area contributed by atoms with Crippen molar-refractivity contribution in [2.75, 3.05) is 0 Å². The second-order valence-corrected chi connectivity index (χ2v) is 6.79. The molecule has 0 aliphatic carbocycles. The third-order valence-electron chi connectivity index (χ3n) is 4.11. The van der Waals surface area contributed by atoms with Crippen LogP contribution in [0.25, 0.3) is 32.0 Å². The summed E-state index contributed by atoms with van der Waals surface area (Å²) in [5.74, 6) is 1.12. The zero-order chi connectivity index (χ0) is 17.1. The molecule has 4 aromatic heterocycles. The maximum atomic E-state index is 13.1. The first-order chi connectivity index (χ1) is 12.1. The normalized spacial score (nSPS) is 11.8. The second kappa shape index (κ2) is 4.93. The summed E-state index contributed by atoms with van der Waals surface area (Å²) in [6.07, 6.45) is 1.73. The van der Waals surface area contributed by atoms with Crippen molar-refractivity contribution in [2.24, 2.45) is 0 Å². The van der Waals surface area contributed by atoms with E-state index in [1.165, 1.54) is 11.3 Å². The molecule has 0 amide bonds. The summed E-state index contributed by atoms with van der Waals surface area (Å²) in [6.45, 7) is 3.62. The Labute approximate surface area is 145 Å². The lowest BCUT2D eigenvalue weighted by molar-refractivity contribution is 0.931. The molecule has 0 atom stereocenters. The molecule has 0 aliphatic heterocycles. The fourth-order valence-corrected chi connectivity index (χ4v) is 3.95. The summed E-state index contributed by atoms with van der Waals surface area (Å²) in [4.78, 5) is 26.4. The molecule has 5 rings (SSSR count). The van der Waals surface area contributed by atoms with E-state index in [9.17, 15) is 4.79 Å². The third kappa shape index (κ3) is 2.01. The Morgan fingerprint density at radius 3 is 2.72 bits per heavy atom. The topological polar surface area (TPSA) is 78.0 Å². The molecule has 0 fully saturated rings. The Balaban J connectivity index is 1.86. The first kappa shape index (κ1) is 14.2. The number of pyridine rings is 1. The number of hydrogen-bond acceptors (Lipinski definition) is 6. The number of nitrogens with zero attached hydrogens (tertiary/aromatic N) is 6. The van der Waals surface area contributed by atoms with E-state index in [1.807, 2.05) is 37.3 Å². The molecular formula is C17H12N6OS. The first-order valence-electron chi connectivity index (χ1n) is 7.73. The van der Waals surface area contributed by atoms with Gasteiger partial charge in [-0.2, -0.15) is 9.50 Å². The first-order valence-corrected chi connectivity index (χ1v) is 8.55. The molecule has 0 saturated carbocycles. The van der Waals surface area contributed by atoms with E-state index < -0.39 is 0 Å². The molecule has 0 radical (unpaired) electrons. The lowest BCUT2D eigenvalue weighted by Gasteiger charge is -2.06. The van der Waals surface area contributed by atoms with Crippen molar-refractivity contribution < 1.29 is 0 Å². The summed E-state index contributed by atoms with van der Waals surface area (Å²) in [5, 5.41) is 5.51. The van der Waals surface area contributed by atoms with Crippen LogP contribution in [-0.2, 0) is 0 Å². The van der Waals surface area contributed by atoms with Crippen molar-refractivity contribution in [3.63, 3.8) is 0 Å². The lowest BCUT2D eigenvalue weighted by atomic mass is 10.2. The Hall–Kier alpha value is -3.13. The van der Waals surface area contributed by atoms with E-state index in [-0.39, 0.29) is 5.56 Å². The quantitative estimate of drug-likeness (QED) is 0.465. The van der Waals surface area contributed by atoms with Crippen LogP contribution in [0.15, 0.2) is 41.3 Å². The Bertz CT molecular complexity index is 1310. The fraction of sp³-hybridized carbons (Fsp3) is 0.118. The van der Waals surface area contributed by atoms with E-state index in [2.05, 4.69) is 20.1 Å². The van der Waals surface area contributed by atoms with Crippen LogP contribution in [0.2, 0.25) is 0 Å². The molecule has 0 bridgehead atoms. The van der Waals surface area contributed by atoms with Gasteiger partial charge in [0.25, 0.3) is 11.3 Å². The fourth-order valence-electron chi connectivity index (χ4n) is 3.00. The number of rotatable bonds is 1. The second-order valence-electron chi connectivity index (χ2n) is 5.78. The van der Waals surface area contributed by atoms with Gasteiger partial charge in [-0.3, -0.25) is 9.36 Å². The van der Waals surface area contributed by atoms with Gasteiger partial charge in [0.1, 0.15) is 5.82 Å². The van der Waals surface area contributed by atoms with Crippen LogP contribution in [0, 0.1) is 13.8 Å². The van der Waals surface area contributed by atoms with Gasteiger partial charge in [0.2, 0.25) is 0 Å². The predicted octanol–water partition coefficient (Wildman–Crippen LogP) is 2.65. The number of fused-ring (bicyclic) bond motifs is 4. The maximum absolute atomic E-state index is 13.1. The molecule has 122 valence electrons. The van der Waals surface area contributed by atoms with Crippen LogP contribution in [0.3, 0.4) is 0 Å². The minimum absolute atomic E-state index is 0.156. The number of aromatic nitrogens is 6. The number of thiazole rings is 1. The standard InChI is InChI=1S/C17H12N6OS/c1-9-14-12(23-16(18-9)19-10(2)21-23)7-8-22(15(14)24)17-20-11-5-3-4-6-13(11)25-17/h3-8H,1-2H3. The van der Waals surface area contributed by atoms with E-state index >= 15 is 0 Å².